The molecule has 1 saturated carbocycles. The summed E-state index contributed by atoms with van der Waals surface area (Å²) in [7, 11) is 0. The van der Waals surface area contributed by atoms with E-state index in [1.807, 2.05) is 0 Å². The van der Waals surface area contributed by atoms with E-state index >= 15 is 0 Å². The lowest BCUT2D eigenvalue weighted by Crippen LogP contribution is -2.53. The Kier molecular flexibility index (Phi) is 5.04. The summed E-state index contributed by atoms with van der Waals surface area (Å²) >= 11 is 0. The summed E-state index contributed by atoms with van der Waals surface area (Å²) in [5.41, 5.74) is 0. The van der Waals surface area contributed by atoms with E-state index in [0.717, 1.165) is 25.3 Å². The first-order valence-corrected chi connectivity index (χ1v) is 7.70. The number of rotatable bonds is 2. The Morgan fingerprint density at radius 3 is 2.67 bits per heavy atom. The van der Waals surface area contributed by atoms with Crippen molar-refractivity contribution in [2.75, 3.05) is 6.54 Å². The zero-order chi connectivity index (χ0) is 13.0. The molecule has 2 aliphatic rings. The van der Waals surface area contributed by atoms with Crippen LogP contribution in [-0.4, -0.2) is 24.5 Å². The molecule has 2 N–H and O–H groups in total. The fourth-order valence-corrected chi connectivity index (χ4v) is 3.32. The van der Waals surface area contributed by atoms with E-state index in [-0.39, 0.29) is 11.9 Å². The molecule has 1 heterocycles. The lowest BCUT2D eigenvalue weighted by atomic mass is 9.92. The summed E-state index contributed by atoms with van der Waals surface area (Å²) in [6.45, 7) is 5.50. The third kappa shape index (κ3) is 3.71. The average Bonchev–Trinajstić information content (AvgIpc) is 2.55. The van der Waals surface area contributed by atoms with Gasteiger partial charge in [0.1, 0.15) is 0 Å². The van der Waals surface area contributed by atoms with E-state index in [2.05, 4.69) is 24.5 Å². The van der Waals surface area contributed by atoms with Crippen LogP contribution in [0.15, 0.2) is 0 Å². The molecular formula is C15H28N2O. The molecule has 4 unspecified atom stereocenters. The highest BCUT2D eigenvalue weighted by Crippen LogP contribution is 2.23. The SMILES string of the molecule is CC1CCCC(NC(=O)C2NCCCC2C)CC1. The minimum absolute atomic E-state index is 0.0411. The second kappa shape index (κ2) is 6.55. The molecule has 1 aliphatic heterocycles. The van der Waals surface area contributed by atoms with Crippen molar-refractivity contribution >= 4 is 5.91 Å². The minimum Gasteiger partial charge on any atom is -0.352 e. The fraction of sp³-hybridized carbons (Fsp3) is 0.933. The predicted molar refractivity (Wildman–Crippen MR) is 74.4 cm³/mol. The summed E-state index contributed by atoms with van der Waals surface area (Å²) in [6, 6.07) is 0.456. The molecule has 18 heavy (non-hydrogen) atoms. The summed E-state index contributed by atoms with van der Waals surface area (Å²) in [5.74, 6) is 1.55. The van der Waals surface area contributed by atoms with Crippen molar-refractivity contribution in [3.63, 3.8) is 0 Å². The molecule has 1 aliphatic carbocycles. The number of carbonyl (C=O) groups is 1. The van der Waals surface area contributed by atoms with E-state index in [4.69, 9.17) is 0 Å². The van der Waals surface area contributed by atoms with Crippen molar-refractivity contribution in [1.29, 1.82) is 0 Å². The number of hydrogen-bond acceptors (Lipinski definition) is 2. The summed E-state index contributed by atoms with van der Waals surface area (Å²) in [4.78, 5) is 12.3. The molecule has 0 aromatic heterocycles. The fourth-order valence-electron chi connectivity index (χ4n) is 3.32. The number of nitrogens with one attached hydrogen (secondary N) is 2. The summed E-state index contributed by atoms with van der Waals surface area (Å²) in [6.07, 6.45) is 8.55. The maximum absolute atomic E-state index is 12.3. The Balaban J connectivity index is 1.82. The molecule has 0 bridgehead atoms. The minimum atomic E-state index is 0.0411. The molecule has 3 heteroatoms. The maximum Gasteiger partial charge on any atom is 0.237 e. The third-order valence-electron chi connectivity index (χ3n) is 4.66. The van der Waals surface area contributed by atoms with Gasteiger partial charge in [0, 0.05) is 6.04 Å². The van der Waals surface area contributed by atoms with Crippen LogP contribution in [-0.2, 0) is 4.79 Å². The second-order valence-corrected chi connectivity index (χ2v) is 6.37. The monoisotopic (exact) mass is 252 g/mol. The molecule has 3 nitrogen and oxygen atoms in total. The molecule has 1 amide bonds. The van der Waals surface area contributed by atoms with Gasteiger partial charge < -0.3 is 10.6 Å². The van der Waals surface area contributed by atoms with Crippen molar-refractivity contribution in [2.45, 2.75) is 70.9 Å². The van der Waals surface area contributed by atoms with Gasteiger partial charge in [-0.15, -0.1) is 0 Å². The molecular weight excluding hydrogens is 224 g/mol. The van der Waals surface area contributed by atoms with Gasteiger partial charge in [0.15, 0.2) is 0 Å². The van der Waals surface area contributed by atoms with Crippen LogP contribution in [0.4, 0.5) is 0 Å². The maximum atomic E-state index is 12.3. The normalized spacial score (nSPS) is 37.9. The van der Waals surface area contributed by atoms with E-state index in [1.165, 1.54) is 32.1 Å². The number of hydrogen-bond donors (Lipinski definition) is 2. The standard InChI is InChI=1S/C15H28N2O/c1-11-5-3-7-13(9-8-11)17-15(18)14-12(2)6-4-10-16-14/h11-14,16H,3-10H2,1-2H3,(H,17,18). The second-order valence-electron chi connectivity index (χ2n) is 6.37. The van der Waals surface area contributed by atoms with Crippen LogP contribution in [0.25, 0.3) is 0 Å². The Bertz CT molecular complexity index is 280. The van der Waals surface area contributed by atoms with Crippen LogP contribution >= 0.6 is 0 Å². The zero-order valence-corrected chi connectivity index (χ0v) is 11.9. The van der Waals surface area contributed by atoms with Crippen LogP contribution < -0.4 is 10.6 Å². The van der Waals surface area contributed by atoms with Crippen molar-refractivity contribution < 1.29 is 4.79 Å². The molecule has 0 aromatic carbocycles. The molecule has 0 radical (unpaired) electrons. The Morgan fingerprint density at radius 2 is 1.89 bits per heavy atom. The molecule has 4 atom stereocenters. The van der Waals surface area contributed by atoms with Gasteiger partial charge >= 0.3 is 0 Å². The van der Waals surface area contributed by atoms with Gasteiger partial charge in [-0.3, -0.25) is 4.79 Å². The van der Waals surface area contributed by atoms with Crippen molar-refractivity contribution in [2.24, 2.45) is 11.8 Å². The Labute approximate surface area is 111 Å². The average molecular weight is 252 g/mol. The largest absolute Gasteiger partial charge is 0.352 e. The van der Waals surface area contributed by atoms with Crippen LogP contribution in [0.2, 0.25) is 0 Å². The number of piperidine rings is 1. The van der Waals surface area contributed by atoms with Crippen LogP contribution in [0.3, 0.4) is 0 Å². The first kappa shape index (κ1) is 13.9. The zero-order valence-electron chi connectivity index (χ0n) is 11.9. The first-order chi connectivity index (χ1) is 8.66. The van der Waals surface area contributed by atoms with Gasteiger partial charge in [-0.1, -0.05) is 26.7 Å². The molecule has 0 aromatic rings. The molecule has 2 rings (SSSR count). The first-order valence-electron chi connectivity index (χ1n) is 7.70. The summed E-state index contributed by atoms with van der Waals surface area (Å²) < 4.78 is 0. The van der Waals surface area contributed by atoms with Crippen LogP contribution in [0, 0.1) is 11.8 Å². The van der Waals surface area contributed by atoms with E-state index in [1.54, 1.807) is 0 Å². The highest BCUT2D eigenvalue weighted by Gasteiger charge is 2.29. The van der Waals surface area contributed by atoms with Gasteiger partial charge in [0.25, 0.3) is 0 Å². The molecule has 104 valence electrons. The molecule has 1 saturated heterocycles. The molecule has 0 spiro atoms. The number of amides is 1. The highest BCUT2D eigenvalue weighted by atomic mass is 16.2. The lowest BCUT2D eigenvalue weighted by molar-refractivity contribution is -0.125. The van der Waals surface area contributed by atoms with Crippen molar-refractivity contribution in [1.82, 2.24) is 10.6 Å². The van der Waals surface area contributed by atoms with Gasteiger partial charge in [-0.25, -0.2) is 0 Å². The van der Waals surface area contributed by atoms with Gasteiger partial charge in [-0.05, 0) is 50.5 Å². The lowest BCUT2D eigenvalue weighted by Gasteiger charge is -2.30. The van der Waals surface area contributed by atoms with Crippen molar-refractivity contribution in [3.8, 4) is 0 Å². The Morgan fingerprint density at radius 1 is 1.06 bits per heavy atom. The quantitative estimate of drug-likeness (QED) is 0.741. The van der Waals surface area contributed by atoms with E-state index in [9.17, 15) is 4.79 Å². The van der Waals surface area contributed by atoms with Gasteiger partial charge in [0.05, 0.1) is 6.04 Å². The van der Waals surface area contributed by atoms with Crippen molar-refractivity contribution in [3.05, 3.63) is 0 Å². The van der Waals surface area contributed by atoms with Gasteiger partial charge in [0.2, 0.25) is 5.91 Å². The van der Waals surface area contributed by atoms with E-state index in [0.29, 0.717) is 12.0 Å². The number of carbonyl (C=O) groups excluding carboxylic acids is 1. The summed E-state index contributed by atoms with van der Waals surface area (Å²) in [5, 5.41) is 6.65. The van der Waals surface area contributed by atoms with Crippen LogP contribution in [0.1, 0.15) is 58.8 Å². The van der Waals surface area contributed by atoms with Crippen LogP contribution in [0.5, 0.6) is 0 Å². The highest BCUT2D eigenvalue weighted by molar-refractivity contribution is 5.82. The van der Waals surface area contributed by atoms with E-state index < -0.39 is 0 Å². The molecule has 2 fully saturated rings. The smallest absolute Gasteiger partial charge is 0.237 e. The van der Waals surface area contributed by atoms with Gasteiger partial charge in [-0.2, -0.15) is 0 Å². The predicted octanol–water partition coefficient (Wildman–Crippen LogP) is 2.46. The Hall–Kier alpha value is -0.570. The topological polar surface area (TPSA) is 41.1 Å². The third-order valence-corrected chi connectivity index (χ3v) is 4.66.